The fourth-order valence-corrected chi connectivity index (χ4v) is 3.02. The van der Waals surface area contributed by atoms with Gasteiger partial charge in [0.2, 0.25) is 0 Å². The van der Waals surface area contributed by atoms with Gasteiger partial charge in [0, 0.05) is 25.4 Å². The molecule has 0 aliphatic carbocycles. The van der Waals surface area contributed by atoms with Crippen LogP contribution in [0.5, 0.6) is 11.5 Å². The highest BCUT2D eigenvalue weighted by Crippen LogP contribution is 2.30. The quantitative estimate of drug-likeness (QED) is 0.499. The van der Waals surface area contributed by atoms with E-state index in [1.54, 1.807) is 0 Å². The number of fused-ring (bicyclic) bond motifs is 1. The van der Waals surface area contributed by atoms with Gasteiger partial charge in [0.15, 0.2) is 11.5 Å². The molecule has 0 bridgehead atoms. The normalized spacial score (nSPS) is 14.0. The first-order valence-electron chi connectivity index (χ1n) is 9.35. The Morgan fingerprint density at radius 1 is 0.773 bits per heavy atom. The van der Waals surface area contributed by atoms with Crippen molar-refractivity contribution in [1.82, 2.24) is 4.57 Å². The van der Waals surface area contributed by atoms with Crippen LogP contribution in [-0.2, 0) is 6.54 Å². The minimum atomic E-state index is 0.773. The molecule has 0 radical (unpaired) electrons. The number of hydrogen-bond donors (Lipinski definition) is 0. The summed E-state index contributed by atoms with van der Waals surface area (Å²) in [5.41, 5.74) is 0. The van der Waals surface area contributed by atoms with E-state index in [1.807, 2.05) is 0 Å². The number of aromatic nitrogens is 1. The van der Waals surface area contributed by atoms with Gasteiger partial charge in [-0.05, 0) is 6.42 Å². The van der Waals surface area contributed by atoms with Gasteiger partial charge in [0.1, 0.15) is 0 Å². The van der Waals surface area contributed by atoms with Gasteiger partial charge in [-0.3, -0.25) is 0 Å². The molecule has 1 aromatic heterocycles. The summed E-state index contributed by atoms with van der Waals surface area (Å²) >= 11 is 0. The van der Waals surface area contributed by atoms with Crippen LogP contribution >= 0.6 is 0 Å². The van der Waals surface area contributed by atoms with Gasteiger partial charge in [-0.15, -0.1) is 0 Å². The summed E-state index contributed by atoms with van der Waals surface area (Å²) in [6, 6.07) is 0. The summed E-state index contributed by atoms with van der Waals surface area (Å²) in [6.45, 7) is 4.90. The van der Waals surface area contributed by atoms with E-state index in [0.717, 1.165) is 37.7 Å². The van der Waals surface area contributed by atoms with E-state index in [2.05, 4.69) is 23.9 Å². The Balaban J connectivity index is 1.49. The lowest BCUT2D eigenvalue weighted by molar-refractivity contribution is 0.293. The van der Waals surface area contributed by atoms with Crippen molar-refractivity contribution in [3.63, 3.8) is 0 Å². The molecule has 126 valence electrons. The van der Waals surface area contributed by atoms with Crippen molar-refractivity contribution in [2.45, 2.75) is 84.1 Å². The second-order valence-electron chi connectivity index (χ2n) is 6.46. The van der Waals surface area contributed by atoms with Crippen LogP contribution in [0.25, 0.3) is 0 Å². The molecule has 0 unspecified atom stereocenters. The van der Waals surface area contributed by atoms with E-state index in [0.29, 0.717) is 0 Å². The first-order chi connectivity index (χ1) is 10.9. The largest absolute Gasteiger partial charge is 0.488 e. The van der Waals surface area contributed by atoms with Gasteiger partial charge in [-0.2, -0.15) is 0 Å². The summed E-state index contributed by atoms with van der Waals surface area (Å²) in [6.07, 6.45) is 19.0. The van der Waals surface area contributed by atoms with E-state index >= 15 is 0 Å². The molecule has 1 aliphatic rings. The van der Waals surface area contributed by atoms with Crippen molar-refractivity contribution < 1.29 is 9.47 Å². The molecule has 3 heteroatoms. The number of ether oxygens (including phenoxy) is 2. The molecule has 2 heterocycles. The van der Waals surface area contributed by atoms with E-state index in [4.69, 9.17) is 9.47 Å². The van der Waals surface area contributed by atoms with Crippen LogP contribution in [0.1, 0.15) is 77.6 Å². The number of rotatable bonds is 11. The average Bonchev–Trinajstić information content (AvgIpc) is 2.78. The maximum atomic E-state index is 5.68. The van der Waals surface area contributed by atoms with Gasteiger partial charge < -0.3 is 14.0 Å². The molecule has 1 aliphatic heterocycles. The first-order valence-corrected chi connectivity index (χ1v) is 9.35. The molecule has 0 fully saturated rings. The molecule has 22 heavy (non-hydrogen) atoms. The van der Waals surface area contributed by atoms with Gasteiger partial charge in [0.25, 0.3) is 0 Å². The molecule has 1 aromatic rings. The molecule has 0 saturated heterocycles. The third-order valence-corrected chi connectivity index (χ3v) is 4.38. The van der Waals surface area contributed by atoms with E-state index in [9.17, 15) is 0 Å². The van der Waals surface area contributed by atoms with Crippen LogP contribution in [0.3, 0.4) is 0 Å². The van der Waals surface area contributed by atoms with Crippen molar-refractivity contribution in [2.75, 3.05) is 13.2 Å². The molecule has 0 atom stereocenters. The highest BCUT2D eigenvalue weighted by atomic mass is 16.5. The van der Waals surface area contributed by atoms with Crippen molar-refractivity contribution >= 4 is 0 Å². The summed E-state index contributed by atoms with van der Waals surface area (Å²) in [7, 11) is 0. The number of unbranched alkanes of at least 4 members (excludes halogenated alkanes) is 9. The molecule has 3 nitrogen and oxygen atoms in total. The Morgan fingerprint density at radius 3 is 1.82 bits per heavy atom. The topological polar surface area (TPSA) is 23.4 Å². The summed E-state index contributed by atoms with van der Waals surface area (Å²) in [5, 5.41) is 0. The molecule has 0 N–H and O–H groups in total. The predicted octanol–water partition coefficient (Wildman–Crippen LogP) is 5.57. The second-order valence-corrected chi connectivity index (χ2v) is 6.46. The van der Waals surface area contributed by atoms with Gasteiger partial charge >= 0.3 is 0 Å². The Hall–Kier alpha value is -1.12. The Bertz CT molecular complexity index is 377. The predicted molar refractivity (Wildman–Crippen MR) is 91.9 cm³/mol. The highest BCUT2D eigenvalue weighted by Gasteiger charge is 2.12. The van der Waals surface area contributed by atoms with Gasteiger partial charge in [-0.1, -0.05) is 64.7 Å². The summed E-state index contributed by atoms with van der Waals surface area (Å²) in [4.78, 5) is 0. The molecule has 0 spiro atoms. The van der Waals surface area contributed by atoms with Crippen molar-refractivity contribution in [3.05, 3.63) is 12.4 Å². The molecule has 0 aromatic carbocycles. The Labute approximate surface area is 136 Å². The smallest absolute Gasteiger partial charge is 0.178 e. The highest BCUT2D eigenvalue weighted by molar-refractivity contribution is 5.38. The third kappa shape index (κ3) is 6.33. The van der Waals surface area contributed by atoms with Gasteiger partial charge in [0.05, 0.1) is 13.2 Å². The summed E-state index contributed by atoms with van der Waals surface area (Å²) in [5.74, 6) is 1.84. The number of nitrogens with zero attached hydrogens (tertiary/aromatic N) is 1. The van der Waals surface area contributed by atoms with Crippen LogP contribution in [0.15, 0.2) is 12.4 Å². The van der Waals surface area contributed by atoms with E-state index < -0.39 is 0 Å². The fourth-order valence-electron chi connectivity index (χ4n) is 3.02. The standard InChI is InChI=1S/C19H33NO2/c1-2-3-4-5-6-7-8-9-10-11-13-20-16-18-19(17-20)22-15-12-14-21-18/h16-17H,2-15H2,1H3. The SMILES string of the molecule is CCCCCCCCCCCCn1cc2c(c1)OCCCO2. The number of hydrogen-bond acceptors (Lipinski definition) is 2. The number of aryl methyl sites for hydroxylation is 1. The van der Waals surface area contributed by atoms with Crippen LogP contribution in [0, 0.1) is 0 Å². The van der Waals surface area contributed by atoms with Crippen LogP contribution in [0.2, 0.25) is 0 Å². The third-order valence-electron chi connectivity index (χ3n) is 4.38. The second kappa shape index (κ2) is 10.6. The fraction of sp³-hybridized carbons (Fsp3) is 0.789. The molecular formula is C19H33NO2. The first kappa shape index (κ1) is 17.2. The van der Waals surface area contributed by atoms with Crippen LogP contribution in [-0.4, -0.2) is 17.8 Å². The van der Waals surface area contributed by atoms with Crippen LogP contribution < -0.4 is 9.47 Å². The van der Waals surface area contributed by atoms with Crippen molar-refractivity contribution in [1.29, 1.82) is 0 Å². The monoisotopic (exact) mass is 307 g/mol. The maximum absolute atomic E-state index is 5.68. The van der Waals surface area contributed by atoms with Crippen molar-refractivity contribution in [3.8, 4) is 11.5 Å². The van der Waals surface area contributed by atoms with Gasteiger partial charge in [-0.25, -0.2) is 0 Å². The maximum Gasteiger partial charge on any atom is 0.178 e. The van der Waals surface area contributed by atoms with Crippen molar-refractivity contribution in [2.24, 2.45) is 0 Å². The zero-order valence-electron chi connectivity index (χ0n) is 14.3. The molecule has 0 saturated carbocycles. The minimum Gasteiger partial charge on any atom is -0.488 e. The van der Waals surface area contributed by atoms with E-state index in [1.165, 1.54) is 64.2 Å². The molecule has 0 amide bonds. The average molecular weight is 307 g/mol. The summed E-state index contributed by atoms with van der Waals surface area (Å²) < 4.78 is 13.6. The van der Waals surface area contributed by atoms with Crippen LogP contribution in [0.4, 0.5) is 0 Å². The zero-order chi connectivity index (χ0) is 15.5. The Morgan fingerprint density at radius 2 is 1.27 bits per heavy atom. The molecular weight excluding hydrogens is 274 g/mol. The Kier molecular flexibility index (Phi) is 8.29. The van der Waals surface area contributed by atoms with E-state index in [-0.39, 0.29) is 0 Å². The minimum absolute atomic E-state index is 0.773. The lowest BCUT2D eigenvalue weighted by Crippen LogP contribution is -2.00. The lowest BCUT2D eigenvalue weighted by atomic mass is 10.1. The lowest BCUT2D eigenvalue weighted by Gasteiger charge is -2.04. The zero-order valence-corrected chi connectivity index (χ0v) is 14.3. The molecule has 2 rings (SSSR count).